The van der Waals surface area contributed by atoms with Crippen LogP contribution >= 0.6 is 22.6 Å². The van der Waals surface area contributed by atoms with Gasteiger partial charge in [-0.3, -0.25) is 0 Å². The predicted molar refractivity (Wildman–Crippen MR) is 108 cm³/mol. The van der Waals surface area contributed by atoms with Gasteiger partial charge in [-0.2, -0.15) is 0 Å². The van der Waals surface area contributed by atoms with Crippen LogP contribution in [0.25, 0.3) is 0 Å². The SMILES string of the molecule is CC(I)CCCOCCOCCOCCOCCOCCOC(C)C. The van der Waals surface area contributed by atoms with Gasteiger partial charge in [0.05, 0.1) is 72.2 Å². The van der Waals surface area contributed by atoms with Gasteiger partial charge in [0, 0.05) is 10.5 Å². The minimum Gasteiger partial charge on any atom is -0.379 e. The van der Waals surface area contributed by atoms with Crippen molar-refractivity contribution >= 4 is 22.6 Å². The van der Waals surface area contributed by atoms with E-state index in [4.69, 9.17) is 28.4 Å². The first-order valence-corrected chi connectivity index (χ1v) is 10.5. The summed E-state index contributed by atoms with van der Waals surface area (Å²) < 4.78 is 33.2. The first-order valence-electron chi connectivity index (χ1n) is 9.27. The molecule has 0 radical (unpaired) electrons. The molecule has 0 rings (SSSR count). The van der Waals surface area contributed by atoms with Crippen LogP contribution in [0, 0.1) is 0 Å². The number of hydrogen-bond donors (Lipinski definition) is 0. The minimum absolute atomic E-state index is 0.253. The Morgan fingerprint density at radius 1 is 0.560 bits per heavy atom. The summed E-state index contributed by atoms with van der Waals surface area (Å²) in [4.78, 5) is 0. The van der Waals surface area contributed by atoms with Gasteiger partial charge < -0.3 is 28.4 Å². The molecule has 0 aromatic heterocycles. The molecule has 7 heteroatoms. The van der Waals surface area contributed by atoms with Crippen LogP contribution in [0.4, 0.5) is 0 Å². The topological polar surface area (TPSA) is 55.4 Å². The van der Waals surface area contributed by atoms with E-state index in [1.54, 1.807) is 0 Å². The predicted octanol–water partition coefficient (Wildman–Crippen LogP) is 3.10. The van der Waals surface area contributed by atoms with Crippen molar-refractivity contribution in [2.24, 2.45) is 0 Å². The number of hydrogen-bond acceptors (Lipinski definition) is 6. The maximum Gasteiger partial charge on any atom is 0.0703 e. The molecule has 0 aromatic rings. The van der Waals surface area contributed by atoms with E-state index in [0.29, 0.717) is 66.1 Å². The quantitative estimate of drug-likeness (QED) is 0.153. The Labute approximate surface area is 167 Å². The van der Waals surface area contributed by atoms with Crippen LogP contribution in [-0.2, 0) is 28.4 Å². The summed E-state index contributed by atoms with van der Waals surface area (Å²) >= 11 is 2.43. The molecule has 6 nitrogen and oxygen atoms in total. The van der Waals surface area contributed by atoms with Crippen molar-refractivity contribution in [1.29, 1.82) is 0 Å². The number of rotatable bonds is 20. The standard InChI is InChI=1S/C18H37IO6/c1-17(2)25-16-15-24-14-13-23-12-11-22-10-9-21-8-7-20-6-4-5-18(3)19/h17-18H,4-16H2,1-3H3. The van der Waals surface area contributed by atoms with Crippen molar-refractivity contribution in [3.8, 4) is 0 Å². The molecule has 0 aliphatic heterocycles. The maximum atomic E-state index is 5.49. The van der Waals surface area contributed by atoms with E-state index >= 15 is 0 Å². The third-order valence-corrected chi connectivity index (χ3v) is 3.68. The second-order valence-corrected chi connectivity index (χ2v) is 8.03. The fourth-order valence-corrected chi connectivity index (χ4v) is 2.23. The normalized spacial score (nSPS) is 12.8. The third-order valence-electron chi connectivity index (χ3n) is 3.06. The molecule has 0 saturated carbocycles. The molecule has 25 heavy (non-hydrogen) atoms. The molecule has 0 aromatic carbocycles. The van der Waals surface area contributed by atoms with Crippen LogP contribution in [0.1, 0.15) is 33.6 Å². The summed E-state index contributed by atoms with van der Waals surface area (Å²) in [6.45, 7) is 13.1. The van der Waals surface area contributed by atoms with Crippen molar-refractivity contribution in [3.63, 3.8) is 0 Å². The Morgan fingerprint density at radius 3 is 1.28 bits per heavy atom. The molecule has 0 aliphatic carbocycles. The van der Waals surface area contributed by atoms with Gasteiger partial charge in [-0.15, -0.1) is 0 Å². The average Bonchev–Trinajstić information content (AvgIpc) is 2.56. The highest BCUT2D eigenvalue weighted by molar-refractivity contribution is 14.1. The Balaban J connectivity index is 2.98. The molecule has 152 valence electrons. The summed E-state index contributed by atoms with van der Waals surface area (Å²) in [6, 6.07) is 0. The molecular weight excluding hydrogens is 439 g/mol. The van der Waals surface area contributed by atoms with Crippen LogP contribution in [-0.4, -0.2) is 82.7 Å². The van der Waals surface area contributed by atoms with Crippen molar-refractivity contribution < 1.29 is 28.4 Å². The summed E-state index contributed by atoms with van der Waals surface area (Å²) in [5, 5.41) is 0. The van der Waals surface area contributed by atoms with Crippen molar-refractivity contribution in [2.75, 3.05) is 72.7 Å². The lowest BCUT2D eigenvalue weighted by atomic mass is 10.3. The molecule has 0 N–H and O–H groups in total. The largest absolute Gasteiger partial charge is 0.379 e. The van der Waals surface area contributed by atoms with Gasteiger partial charge >= 0.3 is 0 Å². The van der Waals surface area contributed by atoms with Crippen molar-refractivity contribution in [1.82, 2.24) is 0 Å². The Hall–Kier alpha value is 0.490. The minimum atomic E-state index is 0.253. The Bertz CT molecular complexity index is 230. The molecule has 0 bridgehead atoms. The van der Waals surface area contributed by atoms with Crippen LogP contribution in [0.5, 0.6) is 0 Å². The molecule has 0 aliphatic rings. The highest BCUT2D eigenvalue weighted by atomic mass is 127. The van der Waals surface area contributed by atoms with E-state index in [1.807, 2.05) is 13.8 Å². The van der Waals surface area contributed by atoms with E-state index in [9.17, 15) is 0 Å². The second kappa shape index (κ2) is 20.8. The zero-order valence-electron chi connectivity index (χ0n) is 16.2. The molecule has 0 spiro atoms. The van der Waals surface area contributed by atoms with Crippen LogP contribution in [0.2, 0.25) is 0 Å². The van der Waals surface area contributed by atoms with E-state index < -0.39 is 0 Å². The van der Waals surface area contributed by atoms with Gasteiger partial charge in [-0.25, -0.2) is 0 Å². The average molecular weight is 476 g/mol. The van der Waals surface area contributed by atoms with Crippen molar-refractivity contribution in [2.45, 2.75) is 43.6 Å². The van der Waals surface area contributed by atoms with Gasteiger partial charge in [-0.1, -0.05) is 29.5 Å². The molecule has 1 unspecified atom stereocenters. The fraction of sp³-hybridized carbons (Fsp3) is 1.00. The van der Waals surface area contributed by atoms with Crippen LogP contribution in [0.3, 0.4) is 0 Å². The highest BCUT2D eigenvalue weighted by Gasteiger charge is 1.96. The molecule has 0 saturated heterocycles. The zero-order valence-corrected chi connectivity index (χ0v) is 18.3. The number of alkyl halides is 1. The Morgan fingerprint density at radius 2 is 0.920 bits per heavy atom. The lowest BCUT2D eigenvalue weighted by molar-refractivity contribution is -0.0213. The van der Waals surface area contributed by atoms with Gasteiger partial charge in [0.1, 0.15) is 0 Å². The first kappa shape index (κ1) is 25.5. The molecule has 0 heterocycles. The fourth-order valence-electron chi connectivity index (χ4n) is 1.79. The highest BCUT2D eigenvalue weighted by Crippen LogP contribution is 2.06. The van der Waals surface area contributed by atoms with Gasteiger partial charge in [0.25, 0.3) is 0 Å². The lowest BCUT2D eigenvalue weighted by Crippen LogP contribution is -2.14. The molecular formula is C18H37IO6. The van der Waals surface area contributed by atoms with Gasteiger partial charge in [0.15, 0.2) is 0 Å². The molecule has 0 amide bonds. The van der Waals surface area contributed by atoms with E-state index in [2.05, 4.69) is 29.5 Å². The monoisotopic (exact) mass is 476 g/mol. The third kappa shape index (κ3) is 24.5. The van der Waals surface area contributed by atoms with Gasteiger partial charge in [-0.05, 0) is 26.7 Å². The van der Waals surface area contributed by atoms with Crippen LogP contribution < -0.4 is 0 Å². The smallest absolute Gasteiger partial charge is 0.0703 e. The van der Waals surface area contributed by atoms with E-state index in [1.165, 1.54) is 6.42 Å². The lowest BCUT2D eigenvalue weighted by Gasteiger charge is -2.09. The van der Waals surface area contributed by atoms with Crippen LogP contribution in [0.15, 0.2) is 0 Å². The maximum absolute atomic E-state index is 5.49. The summed E-state index contributed by atoms with van der Waals surface area (Å²) in [5.74, 6) is 0. The number of ether oxygens (including phenoxy) is 6. The zero-order chi connectivity index (χ0) is 18.6. The number of halogens is 1. The van der Waals surface area contributed by atoms with Crippen molar-refractivity contribution in [3.05, 3.63) is 0 Å². The van der Waals surface area contributed by atoms with E-state index in [0.717, 1.165) is 17.0 Å². The summed E-state index contributed by atoms with van der Waals surface area (Å²) in [5.41, 5.74) is 0. The van der Waals surface area contributed by atoms with E-state index in [-0.39, 0.29) is 6.10 Å². The molecule has 1 atom stereocenters. The molecule has 0 fully saturated rings. The van der Waals surface area contributed by atoms with Gasteiger partial charge in [0.2, 0.25) is 0 Å². The Kier molecular flexibility index (Phi) is 21.2. The summed E-state index contributed by atoms with van der Waals surface area (Å²) in [6.07, 6.45) is 2.57. The second-order valence-electron chi connectivity index (χ2n) is 5.90. The summed E-state index contributed by atoms with van der Waals surface area (Å²) in [7, 11) is 0. The first-order chi connectivity index (χ1) is 12.1.